The number of anilines is 1. The molecule has 0 saturated heterocycles. The van der Waals surface area contributed by atoms with Crippen molar-refractivity contribution in [1.29, 1.82) is 0 Å². The lowest BCUT2D eigenvalue weighted by Crippen LogP contribution is -2.14. The highest BCUT2D eigenvalue weighted by Crippen LogP contribution is 2.18. The van der Waals surface area contributed by atoms with Crippen LogP contribution in [0.4, 0.5) is 10.3 Å². The molecule has 2 aromatic rings. The fraction of sp³-hybridized carbons (Fsp3) is 0.429. The number of halogens is 1. The molecule has 5 heteroatoms. The molecule has 0 unspecified atom stereocenters. The third kappa shape index (κ3) is 2.45. The maximum Gasteiger partial charge on any atom is 0.224 e. The Hall–Kier alpha value is -1.91. The lowest BCUT2D eigenvalue weighted by molar-refractivity contribution is 0.525. The minimum absolute atomic E-state index is 0.184. The molecule has 1 aliphatic rings. The highest BCUT2D eigenvalue weighted by atomic mass is 19.1. The summed E-state index contributed by atoms with van der Waals surface area (Å²) in [5, 5.41) is 11.5. The predicted octanol–water partition coefficient (Wildman–Crippen LogP) is 2.67. The fourth-order valence-electron chi connectivity index (χ4n) is 2.45. The maximum absolute atomic E-state index is 13.7. The minimum atomic E-state index is -0.184. The summed E-state index contributed by atoms with van der Waals surface area (Å²) in [5.41, 5.74) is 1.72. The van der Waals surface area contributed by atoms with Crippen molar-refractivity contribution in [1.82, 2.24) is 14.8 Å². The number of nitrogens with zero attached hydrogens (tertiary/aromatic N) is 3. The second-order valence-corrected chi connectivity index (χ2v) is 5.00. The van der Waals surface area contributed by atoms with E-state index >= 15 is 0 Å². The highest BCUT2D eigenvalue weighted by molar-refractivity contribution is 5.31. The molecule has 1 N–H and O–H groups in total. The van der Waals surface area contributed by atoms with Crippen molar-refractivity contribution in [3.8, 4) is 0 Å². The van der Waals surface area contributed by atoms with Crippen molar-refractivity contribution in [3.63, 3.8) is 0 Å². The molecule has 0 radical (unpaired) electrons. The third-order valence-electron chi connectivity index (χ3n) is 3.50. The quantitative estimate of drug-likeness (QED) is 0.922. The standard InChI is InChI=1S/C14H17FN4/c1-10-5-6-12(15)11(8-10)9-16-14-18-17-13-4-2-3-7-19(13)14/h5-6,8H,2-4,7,9H2,1H3,(H,16,18). The Kier molecular flexibility index (Phi) is 3.19. The van der Waals surface area contributed by atoms with E-state index in [9.17, 15) is 4.39 Å². The Bertz CT molecular complexity index is 591. The van der Waals surface area contributed by atoms with Crippen LogP contribution in [0, 0.1) is 12.7 Å². The summed E-state index contributed by atoms with van der Waals surface area (Å²) in [6.45, 7) is 3.34. The molecular formula is C14H17FN4. The van der Waals surface area contributed by atoms with Gasteiger partial charge < -0.3 is 5.32 Å². The van der Waals surface area contributed by atoms with Gasteiger partial charge in [0.1, 0.15) is 11.6 Å². The van der Waals surface area contributed by atoms with Crippen molar-refractivity contribution in [3.05, 3.63) is 41.0 Å². The largest absolute Gasteiger partial charge is 0.350 e. The summed E-state index contributed by atoms with van der Waals surface area (Å²) < 4.78 is 15.7. The van der Waals surface area contributed by atoms with Gasteiger partial charge in [-0.3, -0.25) is 4.57 Å². The van der Waals surface area contributed by atoms with E-state index in [4.69, 9.17) is 0 Å². The van der Waals surface area contributed by atoms with Crippen molar-refractivity contribution in [2.75, 3.05) is 5.32 Å². The van der Waals surface area contributed by atoms with Gasteiger partial charge in [0.2, 0.25) is 5.95 Å². The van der Waals surface area contributed by atoms with Gasteiger partial charge in [0.25, 0.3) is 0 Å². The van der Waals surface area contributed by atoms with Crippen LogP contribution in [0.25, 0.3) is 0 Å². The lowest BCUT2D eigenvalue weighted by Gasteiger charge is -2.15. The zero-order chi connectivity index (χ0) is 13.2. The first-order valence-electron chi connectivity index (χ1n) is 6.65. The van der Waals surface area contributed by atoms with Crippen molar-refractivity contribution in [2.45, 2.75) is 39.3 Å². The molecule has 0 aliphatic carbocycles. The molecule has 0 bridgehead atoms. The summed E-state index contributed by atoms with van der Waals surface area (Å²) in [6, 6.07) is 5.14. The van der Waals surface area contributed by atoms with Gasteiger partial charge in [-0.1, -0.05) is 17.7 Å². The number of fused-ring (bicyclic) bond motifs is 1. The van der Waals surface area contributed by atoms with Crippen molar-refractivity contribution < 1.29 is 4.39 Å². The number of aromatic nitrogens is 3. The minimum Gasteiger partial charge on any atom is -0.350 e. The zero-order valence-electron chi connectivity index (χ0n) is 11.0. The van der Waals surface area contributed by atoms with Gasteiger partial charge in [0.15, 0.2) is 0 Å². The van der Waals surface area contributed by atoms with Gasteiger partial charge in [0.05, 0.1) is 0 Å². The van der Waals surface area contributed by atoms with Crippen LogP contribution in [0.15, 0.2) is 18.2 Å². The normalized spacial score (nSPS) is 14.2. The van der Waals surface area contributed by atoms with E-state index < -0.39 is 0 Å². The van der Waals surface area contributed by atoms with Crippen LogP contribution in [0.3, 0.4) is 0 Å². The Balaban J connectivity index is 1.75. The van der Waals surface area contributed by atoms with E-state index in [1.54, 1.807) is 6.07 Å². The summed E-state index contributed by atoms with van der Waals surface area (Å²) in [4.78, 5) is 0. The SMILES string of the molecule is Cc1ccc(F)c(CNc2nnc3n2CCCC3)c1. The summed E-state index contributed by atoms with van der Waals surface area (Å²) in [5.74, 6) is 1.59. The summed E-state index contributed by atoms with van der Waals surface area (Å²) >= 11 is 0. The van der Waals surface area contributed by atoms with Crippen LogP contribution < -0.4 is 5.32 Å². The number of hydrogen-bond acceptors (Lipinski definition) is 3. The molecule has 0 atom stereocenters. The third-order valence-corrected chi connectivity index (χ3v) is 3.50. The van der Waals surface area contributed by atoms with Crippen LogP contribution >= 0.6 is 0 Å². The van der Waals surface area contributed by atoms with E-state index in [1.807, 2.05) is 13.0 Å². The maximum atomic E-state index is 13.7. The molecule has 1 aromatic heterocycles. The Labute approximate surface area is 111 Å². The van der Waals surface area contributed by atoms with Gasteiger partial charge >= 0.3 is 0 Å². The van der Waals surface area contributed by atoms with E-state index in [-0.39, 0.29) is 5.82 Å². The summed E-state index contributed by atoms with van der Waals surface area (Å²) in [7, 11) is 0. The van der Waals surface area contributed by atoms with Crippen LogP contribution in [0.2, 0.25) is 0 Å². The number of nitrogens with one attached hydrogen (secondary N) is 1. The van der Waals surface area contributed by atoms with Crippen LogP contribution in [0.1, 0.15) is 29.8 Å². The van der Waals surface area contributed by atoms with Gasteiger partial charge in [-0.2, -0.15) is 0 Å². The van der Waals surface area contributed by atoms with E-state index in [1.165, 1.54) is 12.5 Å². The topological polar surface area (TPSA) is 42.7 Å². The van der Waals surface area contributed by atoms with Crippen LogP contribution in [-0.2, 0) is 19.5 Å². The van der Waals surface area contributed by atoms with Gasteiger partial charge in [0, 0.05) is 25.1 Å². The second kappa shape index (κ2) is 4.99. The average molecular weight is 260 g/mol. The monoisotopic (exact) mass is 260 g/mol. The van der Waals surface area contributed by atoms with Gasteiger partial charge in [-0.25, -0.2) is 4.39 Å². The van der Waals surface area contributed by atoms with E-state index in [0.717, 1.165) is 36.7 Å². The Morgan fingerprint density at radius 3 is 3.11 bits per heavy atom. The summed E-state index contributed by atoms with van der Waals surface area (Å²) in [6.07, 6.45) is 3.30. The molecule has 3 rings (SSSR count). The molecule has 1 aromatic carbocycles. The number of benzene rings is 1. The molecule has 0 spiro atoms. The van der Waals surface area contributed by atoms with Crippen LogP contribution in [-0.4, -0.2) is 14.8 Å². The number of aryl methyl sites for hydroxylation is 2. The molecule has 0 amide bonds. The lowest BCUT2D eigenvalue weighted by atomic mass is 10.1. The van der Waals surface area contributed by atoms with Crippen LogP contribution in [0.5, 0.6) is 0 Å². The predicted molar refractivity (Wildman–Crippen MR) is 71.4 cm³/mol. The van der Waals surface area contributed by atoms with E-state index in [2.05, 4.69) is 20.1 Å². The zero-order valence-corrected chi connectivity index (χ0v) is 11.0. The van der Waals surface area contributed by atoms with Gasteiger partial charge in [-0.05, 0) is 25.8 Å². The van der Waals surface area contributed by atoms with E-state index in [0.29, 0.717) is 12.1 Å². The molecule has 0 fully saturated rings. The van der Waals surface area contributed by atoms with Crippen molar-refractivity contribution >= 4 is 5.95 Å². The first kappa shape index (κ1) is 12.1. The average Bonchev–Trinajstić information content (AvgIpc) is 2.83. The molecule has 1 aliphatic heterocycles. The fourth-order valence-corrected chi connectivity index (χ4v) is 2.45. The second-order valence-electron chi connectivity index (χ2n) is 5.00. The molecule has 0 saturated carbocycles. The van der Waals surface area contributed by atoms with Crippen molar-refractivity contribution in [2.24, 2.45) is 0 Å². The highest BCUT2D eigenvalue weighted by Gasteiger charge is 2.15. The molecule has 100 valence electrons. The molecule has 19 heavy (non-hydrogen) atoms. The Morgan fingerprint density at radius 1 is 1.32 bits per heavy atom. The smallest absolute Gasteiger partial charge is 0.224 e. The number of rotatable bonds is 3. The first-order valence-corrected chi connectivity index (χ1v) is 6.65. The van der Waals surface area contributed by atoms with Gasteiger partial charge in [-0.15, -0.1) is 10.2 Å². The molecule has 2 heterocycles. The Morgan fingerprint density at radius 2 is 2.21 bits per heavy atom. The molecule has 4 nitrogen and oxygen atoms in total. The number of hydrogen-bond donors (Lipinski definition) is 1. The molecular weight excluding hydrogens is 243 g/mol. The first-order chi connectivity index (χ1) is 9.24.